The van der Waals surface area contributed by atoms with Gasteiger partial charge < -0.3 is 74.8 Å². The summed E-state index contributed by atoms with van der Waals surface area (Å²) in [6.45, 7) is 18.4. The standard InChI is InChI=1S/C25H44BN3O8.C18H32BN3O8.Li.H2O/c1-21(2,3)35-20(33)28-17(14-30)18(31)29-15-24(11-13-27-25(24,16-29)19(32)34-8)10-9-12-26-36-22(4,5)23(6,7)37-26;1-16(2,3)30-15(27)21-12(9-23)13(24)22-10-17(5-4-7-19(28)29)6-8-20-18(17,11-22)14(25)26;;/h17,27,30H,9-16H2,1-8H3,(H,28,33);12,20,23,28-29H,4-11H2,1-3H3,(H,21,27)(H,25,26);;1H2/q;;+1;/p-1/t17-,24+,25+;12-,17+,18+;;/m00../s1. The number of amides is 4. The molecule has 26 heteroatoms. The minimum atomic E-state index is -1.48. The molecule has 5 aliphatic heterocycles. The molecule has 388 valence electrons. The van der Waals surface area contributed by atoms with Crippen LogP contribution in [0.25, 0.3) is 0 Å². The van der Waals surface area contributed by atoms with Gasteiger partial charge >= 0.3 is 57.2 Å². The molecule has 0 aliphatic carbocycles. The summed E-state index contributed by atoms with van der Waals surface area (Å²) in [5, 5.41) is 58.9. The number of nitrogens with one attached hydrogen (secondary N) is 4. The molecular formula is C43H77B2LiN6O17. The predicted octanol–water partition coefficient (Wildman–Crippen LogP) is -2.92. The van der Waals surface area contributed by atoms with Crippen LogP contribution in [0.15, 0.2) is 0 Å². The van der Waals surface area contributed by atoms with E-state index in [2.05, 4.69) is 21.3 Å². The Morgan fingerprint density at radius 3 is 1.52 bits per heavy atom. The molecule has 5 heterocycles. The molecule has 10 N–H and O–H groups in total. The van der Waals surface area contributed by atoms with Crippen molar-refractivity contribution in [1.82, 2.24) is 31.1 Å². The Balaban J connectivity index is 0.000000470. The third kappa shape index (κ3) is 13.9. The van der Waals surface area contributed by atoms with Gasteiger partial charge in [0.2, 0.25) is 11.8 Å². The number of likely N-dealkylation sites (tertiary alicyclic amines) is 2. The molecule has 23 nitrogen and oxygen atoms in total. The van der Waals surface area contributed by atoms with E-state index in [4.69, 9.17) is 33.6 Å². The van der Waals surface area contributed by atoms with E-state index < -0.39 is 113 Å². The molecule has 5 aliphatic rings. The maximum Gasteiger partial charge on any atom is 1.00 e. The Labute approximate surface area is 418 Å². The van der Waals surface area contributed by atoms with Crippen molar-refractivity contribution >= 4 is 50.2 Å². The minimum absolute atomic E-state index is 0. The second-order valence-electron chi connectivity index (χ2n) is 21.6. The van der Waals surface area contributed by atoms with Crippen molar-refractivity contribution in [1.29, 1.82) is 0 Å². The summed E-state index contributed by atoms with van der Waals surface area (Å²) in [4.78, 5) is 78.9. The first-order valence-electron chi connectivity index (χ1n) is 23.2. The van der Waals surface area contributed by atoms with Gasteiger partial charge in [0.15, 0.2) is 0 Å². The van der Waals surface area contributed by atoms with Gasteiger partial charge in [-0.25, -0.2) is 14.4 Å². The SMILES string of the molecule is CC(C)(C)OC(=O)N[C@@H](CO)C(=O)N1C[C@@]2(CCCB(O)O)CCN[C@@]2(C(=O)O)C1.COC(=O)[C@]12CN(C(=O)[C@H](CO)NC(=O)OC(C)(C)C)C[C@@]1(CCCB1OC(C)(C)C(C)(C)O1)CCN2.[Li+].[OH-]. The Bertz CT molecular complexity index is 1810. The van der Waals surface area contributed by atoms with Crippen LogP contribution in [-0.4, -0.2) is 196 Å². The van der Waals surface area contributed by atoms with E-state index in [1.807, 2.05) is 27.7 Å². The zero-order valence-corrected chi connectivity index (χ0v) is 42.7. The third-order valence-corrected chi connectivity index (χ3v) is 14.1. The van der Waals surface area contributed by atoms with Gasteiger partial charge in [-0.15, -0.1) is 0 Å². The molecule has 5 fully saturated rings. The first kappa shape index (κ1) is 61.9. The summed E-state index contributed by atoms with van der Waals surface area (Å²) in [6.07, 6.45) is 2.43. The third-order valence-electron chi connectivity index (χ3n) is 14.1. The predicted molar refractivity (Wildman–Crippen MR) is 245 cm³/mol. The second-order valence-corrected chi connectivity index (χ2v) is 21.6. The molecule has 0 aromatic carbocycles. The summed E-state index contributed by atoms with van der Waals surface area (Å²) < 4.78 is 27.8. The summed E-state index contributed by atoms with van der Waals surface area (Å²) in [6, 6.07) is -2.45. The van der Waals surface area contributed by atoms with Gasteiger partial charge in [0.1, 0.15) is 34.4 Å². The van der Waals surface area contributed by atoms with Crippen LogP contribution in [-0.2, 0) is 42.7 Å². The van der Waals surface area contributed by atoms with Crippen molar-refractivity contribution in [3.63, 3.8) is 0 Å². The van der Waals surface area contributed by atoms with Crippen LogP contribution in [0.5, 0.6) is 0 Å². The number of esters is 1. The van der Waals surface area contributed by atoms with Crippen LogP contribution in [0.1, 0.15) is 108 Å². The molecule has 0 bridgehead atoms. The summed E-state index contributed by atoms with van der Waals surface area (Å²) in [5.41, 5.74) is -6.15. The molecule has 0 saturated carbocycles. The number of rotatable bonds is 16. The van der Waals surface area contributed by atoms with Gasteiger partial charge in [-0.1, -0.05) is 12.8 Å². The molecular weight excluding hydrogens is 901 g/mol. The van der Waals surface area contributed by atoms with E-state index in [1.54, 1.807) is 41.5 Å². The van der Waals surface area contributed by atoms with Crippen LogP contribution in [0, 0.1) is 10.8 Å². The quantitative estimate of drug-likeness (QED) is 0.0425. The fourth-order valence-electron chi connectivity index (χ4n) is 10.2. The molecule has 69 heavy (non-hydrogen) atoms. The summed E-state index contributed by atoms with van der Waals surface area (Å²) in [7, 11) is -0.484. The Kier molecular flexibility index (Phi) is 21.1. The van der Waals surface area contributed by atoms with Crippen molar-refractivity contribution in [3.8, 4) is 0 Å². The van der Waals surface area contributed by atoms with Gasteiger partial charge in [-0.05, 0) is 121 Å². The zero-order valence-electron chi connectivity index (χ0n) is 42.7. The molecule has 5 saturated heterocycles. The van der Waals surface area contributed by atoms with Crippen LogP contribution in [0.4, 0.5) is 9.59 Å². The van der Waals surface area contributed by atoms with E-state index in [1.165, 1.54) is 16.9 Å². The first-order valence-corrected chi connectivity index (χ1v) is 23.2. The van der Waals surface area contributed by atoms with Crippen LogP contribution in [0.2, 0.25) is 12.6 Å². The van der Waals surface area contributed by atoms with E-state index in [9.17, 15) is 44.1 Å². The molecule has 0 unspecified atom stereocenters. The average molecular weight is 979 g/mol. The number of carboxylic acids is 1. The number of methoxy groups -OCH3 is 1. The van der Waals surface area contributed by atoms with Crippen molar-refractivity contribution in [2.24, 2.45) is 10.8 Å². The number of aliphatic hydroxyl groups excluding tert-OH is 2. The van der Waals surface area contributed by atoms with Gasteiger partial charge in [0.25, 0.3) is 0 Å². The number of ether oxygens (including phenoxy) is 3. The number of fused-ring (bicyclic) bond motifs is 2. The number of carboxylic acid groups (broad SMARTS) is 1. The van der Waals surface area contributed by atoms with Crippen molar-refractivity contribution in [2.75, 3.05) is 59.6 Å². The smallest absolute Gasteiger partial charge is 0.870 e. The van der Waals surface area contributed by atoms with Crippen LogP contribution in [0.3, 0.4) is 0 Å². The van der Waals surface area contributed by atoms with Crippen molar-refractivity contribution in [3.05, 3.63) is 0 Å². The normalized spacial score (nSPS) is 27.3. The largest absolute Gasteiger partial charge is 1.00 e. The number of carbonyl (C=O) groups excluding carboxylic acids is 5. The monoisotopic (exact) mass is 979 g/mol. The first-order chi connectivity index (χ1) is 30.9. The van der Waals surface area contributed by atoms with E-state index in [0.29, 0.717) is 58.1 Å². The van der Waals surface area contributed by atoms with Gasteiger partial charge in [-0.2, -0.15) is 0 Å². The summed E-state index contributed by atoms with van der Waals surface area (Å²) in [5.74, 6) is -2.57. The van der Waals surface area contributed by atoms with Gasteiger partial charge in [0.05, 0.1) is 44.6 Å². The van der Waals surface area contributed by atoms with Crippen LogP contribution < -0.4 is 40.1 Å². The Hall–Kier alpha value is -3.21. The number of aliphatic hydroxyl groups is 2. The average Bonchev–Trinajstić information content (AvgIpc) is 3.95. The number of carbonyl (C=O) groups is 6. The molecule has 0 spiro atoms. The van der Waals surface area contributed by atoms with Crippen molar-refractivity contribution in [2.45, 2.75) is 166 Å². The number of nitrogens with zero attached hydrogens (tertiary/aromatic N) is 2. The molecule has 0 aromatic heterocycles. The maximum absolute atomic E-state index is 13.4. The molecule has 5 rings (SSSR count). The fraction of sp³-hybridized carbons (Fsp3) is 0.860. The van der Waals surface area contributed by atoms with E-state index in [-0.39, 0.29) is 57.4 Å². The van der Waals surface area contributed by atoms with Gasteiger partial charge in [-0.3, -0.25) is 25.0 Å². The Morgan fingerprint density at radius 2 is 1.13 bits per heavy atom. The van der Waals surface area contributed by atoms with Crippen molar-refractivity contribution < 1.29 is 102 Å². The number of hydrogen-bond acceptors (Lipinski definition) is 18. The van der Waals surface area contributed by atoms with Gasteiger partial charge in [0, 0.05) is 23.9 Å². The number of aliphatic carboxylic acids is 1. The molecule has 0 aromatic rings. The molecule has 4 amide bonds. The van der Waals surface area contributed by atoms with E-state index in [0.717, 1.165) is 6.42 Å². The Morgan fingerprint density at radius 1 is 0.725 bits per heavy atom. The molecule has 0 radical (unpaired) electrons. The maximum atomic E-state index is 13.4. The van der Waals surface area contributed by atoms with Crippen LogP contribution >= 0.6 is 0 Å². The number of alkyl carbamates (subject to hydrolysis) is 2. The summed E-state index contributed by atoms with van der Waals surface area (Å²) >= 11 is 0. The minimum Gasteiger partial charge on any atom is -0.870 e. The van der Waals surface area contributed by atoms with E-state index >= 15 is 0 Å². The fourth-order valence-corrected chi connectivity index (χ4v) is 10.2. The number of hydrogen-bond donors (Lipinski definition) is 9. The molecule has 6 atom stereocenters. The zero-order chi connectivity index (χ0) is 50.6. The second kappa shape index (κ2) is 23.6. The topological polar surface area (TPSA) is 334 Å².